The Morgan fingerprint density at radius 2 is 2.22 bits per heavy atom. The van der Waals surface area contributed by atoms with E-state index in [1.165, 1.54) is 0 Å². The number of aromatic nitrogens is 2. The normalized spacial score (nSPS) is 12.8. The van der Waals surface area contributed by atoms with Gasteiger partial charge in [-0.25, -0.2) is 4.98 Å². The van der Waals surface area contributed by atoms with Crippen LogP contribution in [0.4, 0.5) is 0 Å². The molecule has 4 nitrogen and oxygen atoms in total. The number of hydrogen-bond acceptors (Lipinski definition) is 3. The molecule has 18 heavy (non-hydrogen) atoms. The Labute approximate surface area is 110 Å². The summed E-state index contributed by atoms with van der Waals surface area (Å²) in [4.78, 5) is 15.6. The number of aliphatic carboxylic acids is 1. The maximum absolute atomic E-state index is 11.0. The van der Waals surface area contributed by atoms with E-state index >= 15 is 0 Å². The largest absolute Gasteiger partial charge is 0.480 e. The number of carboxylic acid groups (broad SMARTS) is 1. The lowest BCUT2D eigenvalue weighted by Gasteiger charge is -2.11. The van der Waals surface area contributed by atoms with Crippen molar-refractivity contribution < 1.29 is 9.90 Å². The number of nitrogens with zero attached hydrogens (tertiary/aromatic N) is 2. The first-order chi connectivity index (χ1) is 8.63. The molecule has 0 saturated carbocycles. The summed E-state index contributed by atoms with van der Waals surface area (Å²) in [5.41, 5.74) is 1.75. The van der Waals surface area contributed by atoms with Gasteiger partial charge in [-0.3, -0.25) is 4.79 Å². The van der Waals surface area contributed by atoms with E-state index in [4.69, 9.17) is 5.11 Å². The molecule has 0 amide bonds. The van der Waals surface area contributed by atoms with Gasteiger partial charge < -0.3 is 9.67 Å². The molecule has 1 N–H and O–H groups in total. The third-order valence-electron chi connectivity index (χ3n) is 2.83. The third kappa shape index (κ3) is 2.51. The van der Waals surface area contributed by atoms with Gasteiger partial charge in [-0.2, -0.15) is 11.8 Å². The first-order valence-electron chi connectivity index (χ1n) is 5.79. The van der Waals surface area contributed by atoms with Gasteiger partial charge in [0.05, 0.1) is 11.0 Å². The van der Waals surface area contributed by atoms with E-state index in [2.05, 4.69) is 11.9 Å². The monoisotopic (exact) mass is 264 g/mol. The van der Waals surface area contributed by atoms with E-state index in [1.54, 1.807) is 16.3 Å². The van der Waals surface area contributed by atoms with Crippen LogP contribution in [0.25, 0.3) is 11.0 Å². The quantitative estimate of drug-likeness (QED) is 0.902. The number of rotatable bonds is 5. The van der Waals surface area contributed by atoms with Crippen LogP contribution in [0.2, 0.25) is 0 Å². The molecule has 0 radical (unpaired) electrons. The van der Waals surface area contributed by atoms with Gasteiger partial charge in [0.25, 0.3) is 0 Å². The summed E-state index contributed by atoms with van der Waals surface area (Å²) in [5.74, 6) is 1.19. The minimum atomic E-state index is -0.837. The highest BCUT2D eigenvalue weighted by atomic mass is 32.2. The summed E-state index contributed by atoms with van der Waals surface area (Å²) in [7, 11) is 0. The van der Waals surface area contributed by atoms with Crippen LogP contribution in [0, 0.1) is 0 Å². The number of fused-ring (bicyclic) bond motifs is 1. The Hall–Kier alpha value is -1.49. The molecule has 0 aliphatic heterocycles. The maximum Gasteiger partial charge on any atom is 0.323 e. The Bertz CT molecular complexity index is 565. The van der Waals surface area contributed by atoms with Gasteiger partial charge in [0, 0.05) is 11.7 Å². The number of carbonyl (C=O) groups is 1. The number of hydrogen-bond donors (Lipinski definition) is 1. The highest BCUT2D eigenvalue weighted by molar-refractivity contribution is 7.98. The van der Waals surface area contributed by atoms with Crippen molar-refractivity contribution in [3.63, 3.8) is 0 Å². The fourth-order valence-electron chi connectivity index (χ4n) is 2.10. The van der Waals surface area contributed by atoms with Crippen molar-refractivity contribution >= 4 is 28.8 Å². The summed E-state index contributed by atoms with van der Waals surface area (Å²) in [6.07, 6.45) is 2.04. The minimum Gasteiger partial charge on any atom is -0.480 e. The Morgan fingerprint density at radius 3 is 2.89 bits per heavy atom. The van der Waals surface area contributed by atoms with Gasteiger partial charge in [-0.15, -0.1) is 0 Å². The van der Waals surface area contributed by atoms with Gasteiger partial charge in [0.2, 0.25) is 0 Å². The number of para-hydroxylation sites is 2. The van der Waals surface area contributed by atoms with Crippen molar-refractivity contribution in [3.05, 3.63) is 30.1 Å². The van der Waals surface area contributed by atoms with Gasteiger partial charge in [0.1, 0.15) is 12.4 Å². The van der Waals surface area contributed by atoms with E-state index in [0.717, 1.165) is 22.6 Å². The van der Waals surface area contributed by atoms with Crippen molar-refractivity contribution in [2.45, 2.75) is 19.4 Å². The molecule has 2 rings (SSSR count). The van der Waals surface area contributed by atoms with Crippen LogP contribution >= 0.6 is 11.8 Å². The van der Waals surface area contributed by atoms with Gasteiger partial charge in [-0.1, -0.05) is 19.1 Å². The molecule has 0 fully saturated rings. The predicted molar refractivity (Wildman–Crippen MR) is 74.2 cm³/mol. The molecule has 0 saturated heterocycles. The molecular weight excluding hydrogens is 248 g/mol. The van der Waals surface area contributed by atoms with Crippen LogP contribution in [0.15, 0.2) is 24.3 Å². The van der Waals surface area contributed by atoms with E-state index in [-0.39, 0.29) is 12.5 Å². The number of benzene rings is 1. The Morgan fingerprint density at radius 1 is 1.50 bits per heavy atom. The van der Waals surface area contributed by atoms with Crippen LogP contribution in [-0.2, 0) is 11.3 Å². The lowest BCUT2D eigenvalue weighted by Crippen LogP contribution is -2.14. The molecule has 1 heterocycles. The number of thioether (sulfide) groups is 1. The Balaban J connectivity index is 2.52. The van der Waals surface area contributed by atoms with E-state index in [0.29, 0.717) is 0 Å². The molecule has 0 aliphatic rings. The van der Waals surface area contributed by atoms with Gasteiger partial charge >= 0.3 is 5.97 Å². The van der Waals surface area contributed by atoms with Gasteiger partial charge in [-0.05, 0) is 18.4 Å². The zero-order chi connectivity index (χ0) is 13.1. The fourth-order valence-corrected chi connectivity index (χ4v) is 2.75. The second kappa shape index (κ2) is 5.44. The SMILES string of the molecule is CSCC(C)c1nc2ccccc2n1CC(=O)O. The fraction of sp³-hybridized carbons (Fsp3) is 0.385. The average Bonchev–Trinajstić information content (AvgIpc) is 2.68. The van der Waals surface area contributed by atoms with Crippen molar-refractivity contribution in [3.8, 4) is 0 Å². The van der Waals surface area contributed by atoms with Crippen LogP contribution < -0.4 is 0 Å². The van der Waals surface area contributed by atoms with Crippen LogP contribution in [0.5, 0.6) is 0 Å². The summed E-state index contributed by atoms with van der Waals surface area (Å²) in [5, 5.41) is 9.03. The molecule has 96 valence electrons. The van der Waals surface area contributed by atoms with E-state index < -0.39 is 5.97 Å². The molecule has 0 spiro atoms. The number of carboxylic acids is 1. The van der Waals surface area contributed by atoms with Gasteiger partial charge in [0.15, 0.2) is 0 Å². The summed E-state index contributed by atoms with van der Waals surface area (Å²) >= 11 is 1.74. The Kier molecular flexibility index (Phi) is 3.91. The second-order valence-electron chi connectivity index (χ2n) is 4.29. The zero-order valence-corrected chi connectivity index (χ0v) is 11.3. The standard InChI is InChI=1S/C13H16N2O2S/c1-9(8-18-2)13-14-10-5-3-4-6-11(10)15(13)7-12(16)17/h3-6,9H,7-8H2,1-2H3,(H,16,17). The average molecular weight is 264 g/mol. The minimum absolute atomic E-state index is 0.0332. The van der Waals surface area contributed by atoms with Crippen molar-refractivity contribution in [2.24, 2.45) is 0 Å². The van der Waals surface area contributed by atoms with E-state index in [9.17, 15) is 4.79 Å². The molecule has 1 unspecified atom stereocenters. The first-order valence-corrected chi connectivity index (χ1v) is 7.18. The lowest BCUT2D eigenvalue weighted by molar-refractivity contribution is -0.137. The molecule has 2 aromatic rings. The van der Waals surface area contributed by atoms with Crippen molar-refractivity contribution in [1.82, 2.24) is 9.55 Å². The maximum atomic E-state index is 11.0. The molecular formula is C13H16N2O2S. The molecule has 1 aromatic carbocycles. The van der Waals surface area contributed by atoms with E-state index in [1.807, 2.05) is 30.5 Å². The number of imidazole rings is 1. The summed E-state index contributed by atoms with van der Waals surface area (Å²) < 4.78 is 1.80. The van der Waals surface area contributed by atoms with Crippen molar-refractivity contribution in [2.75, 3.05) is 12.0 Å². The highest BCUT2D eigenvalue weighted by Gasteiger charge is 2.17. The first kappa shape index (κ1) is 13.0. The molecule has 0 aliphatic carbocycles. The summed E-state index contributed by atoms with van der Waals surface area (Å²) in [6, 6.07) is 7.67. The van der Waals surface area contributed by atoms with Crippen LogP contribution in [0.3, 0.4) is 0 Å². The molecule has 1 aromatic heterocycles. The molecule has 0 bridgehead atoms. The van der Waals surface area contributed by atoms with Crippen LogP contribution in [-0.4, -0.2) is 32.6 Å². The second-order valence-corrected chi connectivity index (χ2v) is 5.21. The van der Waals surface area contributed by atoms with Crippen molar-refractivity contribution in [1.29, 1.82) is 0 Å². The topological polar surface area (TPSA) is 55.1 Å². The molecule has 1 atom stereocenters. The third-order valence-corrected chi connectivity index (χ3v) is 3.67. The highest BCUT2D eigenvalue weighted by Crippen LogP contribution is 2.24. The smallest absolute Gasteiger partial charge is 0.323 e. The molecule has 5 heteroatoms. The lowest BCUT2D eigenvalue weighted by atomic mass is 10.2. The zero-order valence-electron chi connectivity index (χ0n) is 10.5. The predicted octanol–water partition coefficient (Wildman–Crippen LogP) is 2.59. The summed E-state index contributed by atoms with van der Waals surface area (Å²) in [6.45, 7) is 2.05. The van der Waals surface area contributed by atoms with Crippen LogP contribution in [0.1, 0.15) is 18.7 Å².